The van der Waals surface area contributed by atoms with E-state index in [1.54, 1.807) is 8.87 Å². The summed E-state index contributed by atoms with van der Waals surface area (Å²) in [6.45, 7) is 12.5. The molecule has 0 N–H and O–H groups in total. The van der Waals surface area contributed by atoms with Crippen LogP contribution < -0.4 is 10.2 Å². The van der Waals surface area contributed by atoms with Crippen molar-refractivity contribution in [2.75, 3.05) is 0 Å². The zero-order chi connectivity index (χ0) is 28.9. The van der Waals surface area contributed by atoms with E-state index in [1.807, 2.05) is 13.8 Å². The molecule has 4 nitrogen and oxygen atoms in total. The Morgan fingerprint density at radius 1 is 0.568 bits per heavy atom. The fourth-order valence-corrected chi connectivity index (χ4v) is 8.48. The van der Waals surface area contributed by atoms with Crippen molar-refractivity contribution in [3.05, 3.63) is 0 Å². The molecular formula is C30H60O4S2Sn. The molecule has 0 saturated heterocycles. The topological polar surface area (TPSA) is 80.3 Å². The number of carboxylic acid groups (broad SMARTS) is 2. The fraction of sp³-hybridized carbons (Fsp3) is 0.933. The van der Waals surface area contributed by atoms with Gasteiger partial charge in [0.1, 0.15) is 0 Å². The molecule has 0 rings (SSSR count). The Labute approximate surface area is 252 Å². The minimum atomic E-state index is -0.956. The van der Waals surface area contributed by atoms with Gasteiger partial charge in [-0.15, -0.1) is 0 Å². The molecule has 0 amide bonds. The molecule has 4 unspecified atom stereocenters. The quantitative estimate of drug-likeness (QED) is 0.0728. The summed E-state index contributed by atoms with van der Waals surface area (Å²) in [7, 11) is 0. The van der Waals surface area contributed by atoms with Gasteiger partial charge >= 0.3 is 69.5 Å². The molecule has 0 aromatic carbocycles. The number of carbonyl (C=O) groups is 2. The van der Waals surface area contributed by atoms with Crippen molar-refractivity contribution >= 4 is 58.3 Å². The van der Waals surface area contributed by atoms with Gasteiger partial charge in [0, 0.05) is 34.3 Å². The number of thiol groups is 2. The van der Waals surface area contributed by atoms with Crippen LogP contribution >= 0.6 is 25.3 Å². The van der Waals surface area contributed by atoms with E-state index in [9.17, 15) is 19.8 Å². The van der Waals surface area contributed by atoms with E-state index >= 15 is 0 Å². The summed E-state index contributed by atoms with van der Waals surface area (Å²) in [5.74, 6) is -2.69. The normalized spacial score (nSPS) is 13.6. The molecule has 4 atom stereocenters. The number of unbranched alkanes of at least 4 members (excludes halogenated alkanes) is 10. The van der Waals surface area contributed by atoms with Crippen LogP contribution in [0.4, 0.5) is 0 Å². The molecule has 37 heavy (non-hydrogen) atoms. The standard InChI is InChI=1S/2C11H22O2S.2C4H9.Sn/c2*1-3-4-5-6-7-8-10(9(2)14)11(12)13;2*1-3-4-2;/h2*9-10,14H,3-8H2,1-2H3,(H,12,13);2*1,3-4H2,2H3;/q;;;;+2/p-2. The van der Waals surface area contributed by atoms with Crippen LogP contribution in [0.15, 0.2) is 0 Å². The van der Waals surface area contributed by atoms with Crippen molar-refractivity contribution in [2.45, 2.75) is 164 Å². The summed E-state index contributed by atoms with van der Waals surface area (Å²) in [5, 5.41) is 21.2. The van der Waals surface area contributed by atoms with Crippen LogP contribution in [0.25, 0.3) is 0 Å². The van der Waals surface area contributed by atoms with E-state index < -0.39 is 11.9 Å². The Bertz CT molecular complexity index is 448. The fourth-order valence-electron chi connectivity index (χ4n) is 3.78. The summed E-state index contributed by atoms with van der Waals surface area (Å²) in [5.41, 5.74) is 0. The van der Waals surface area contributed by atoms with Crippen LogP contribution in [0.2, 0.25) is 8.87 Å². The average Bonchev–Trinajstić information content (AvgIpc) is 2.83. The summed E-state index contributed by atoms with van der Waals surface area (Å²) >= 11 is 8.46. The molecule has 0 bridgehead atoms. The Hall–Kier alpha value is 0.439. The first-order chi connectivity index (χ1) is 17.6. The maximum absolute atomic E-state index is 10.7. The van der Waals surface area contributed by atoms with Gasteiger partial charge in [0.25, 0.3) is 0 Å². The molecule has 0 fully saturated rings. The third-order valence-corrected chi connectivity index (χ3v) is 11.2. The van der Waals surface area contributed by atoms with Gasteiger partial charge < -0.3 is 19.8 Å². The SMILES string of the molecule is CCCCCCCC(C(=O)[O-])C(C)S.CCCCCCCC(C(=O)[O-])C(C)S.CCC[CH2][Sn+2][CH2]CCC. The van der Waals surface area contributed by atoms with Crippen molar-refractivity contribution in [1.82, 2.24) is 0 Å². The average molecular weight is 668 g/mol. The molecular weight excluding hydrogens is 607 g/mol. The zero-order valence-electron chi connectivity index (χ0n) is 25.1. The molecule has 0 aromatic heterocycles. The van der Waals surface area contributed by atoms with E-state index in [4.69, 9.17) is 0 Å². The third-order valence-electron chi connectivity index (χ3n) is 6.42. The Kier molecular flexibility index (Phi) is 37.0. The number of carboxylic acids is 2. The van der Waals surface area contributed by atoms with E-state index in [-0.39, 0.29) is 43.5 Å². The van der Waals surface area contributed by atoms with Crippen LogP contribution in [-0.4, -0.2) is 43.6 Å². The van der Waals surface area contributed by atoms with Gasteiger partial charge in [-0.05, 0) is 12.8 Å². The van der Waals surface area contributed by atoms with Crippen molar-refractivity contribution < 1.29 is 19.8 Å². The van der Waals surface area contributed by atoms with Crippen molar-refractivity contribution in [3.8, 4) is 0 Å². The molecule has 0 saturated carbocycles. The zero-order valence-corrected chi connectivity index (χ0v) is 29.7. The summed E-state index contributed by atoms with van der Waals surface area (Å²) in [4.78, 5) is 21.4. The van der Waals surface area contributed by atoms with Crippen molar-refractivity contribution in [1.29, 1.82) is 0 Å². The summed E-state index contributed by atoms with van der Waals surface area (Å²) in [6, 6.07) is 0. The molecule has 0 aliphatic rings. The van der Waals surface area contributed by atoms with Gasteiger partial charge in [-0.2, -0.15) is 25.3 Å². The van der Waals surface area contributed by atoms with E-state index in [2.05, 4.69) is 53.0 Å². The van der Waals surface area contributed by atoms with Crippen LogP contribution in [-0.2, 0) is 9.59 Å². The van der Waals surface area contributed by atoms with Crippen LogP contribution in [0.3, 0.4) is 0 Å². The van der Waals surface area contributed by atoms with Crippen LogP contribution in [0.1, 0.15) is 144 Å². The van der Waals surface area contributed by atoms with Gasteiger partial charge in [0.2, 0.25) is 0 Å². The second kappa shape index (κ2) is 32.6. The molecule has 0 heterocycles. The Balaban J connectivity index is -0.000000481. The molecule has 0 radical (unpaired) electrons. The maximum atomic E-state index is 10.7. The minimum absolute atomic E-state index is 0.105. The predicted octanol–water partition coefficient (Wildman–Crippen LogP) is 7.19. The first-order valence-corrected chi connectivity index (χ1v) is 20.2. The van der Waals surface area contributed by atoms with Gasteiger partial charge in [-0.1, -0.05) is 91.9 Å². The number of carbonyl (C=O) groups excluding carboxylic acids is 2. The second-order valence-electron chi connectivity index (χ2n) is 10.2. The van der Waals surface area contributed by atoms with Crippen molar-refractivity contribution in [3.63, 3.8) is 0 Å². The molecule has 220 valence electrons. The monoisotopic (exact) mass is 668 g/mol. The van der Waals surface area contributed by atoms with Gasteiger partial charge in [-0.25, -0.2) is 0 Å². The molecule has 0 spiro atoms. The molecule has 0 aromatic rings. The first-order valence-electron chi connectivity index (χ1n) is 15.1. The molecule has 7 heteroatoms. The summed E-state index contributed by atoms with van der Waals surface area (Å²) in [6.07, 6.45) is 18.8. The van der Waals surface area contributed by atoms with Gasteiger partial charge in [0.15, 0.2) is 0 Å². The number of hydrogen-bond donors (Lipinski definition) is 2. The van der Waals surface area contributed by atoms with Crippen molar-refractivity contribution in [2.24, 2.45) is 11.8 Å². The first kappa shape index (κ1) is 41.9. The summed E-state index contributed by atoms with van der Waals surface area (Å²) < 4.78 is 3.25. The Morgan fingerprint density at radius 3 is 1.11 bits per heavy atom. The predicted molar refractivity (Wildman–Crippen MR) is 166 cm³/mol. The molecule has 0 aliphatic heterocycles. The Morgan fingerprint density at radius 2 is 0.865 bits per heavy atom. The van der Waals surface area contributed by atoms with E-state index in [0.717, 1.165) is 25.7 Å². The second-order valence-corrected chi connectivity index (χ2v) is 16.1. The van der Waals surface area contributed by atoms with Crippen LogP contribution in [0, 0.1) is 11.8 Å². The number of aliphatic carboxylic acids is 2. The van der Waals surface area contributed by atoms with Crippen LogP contribution in [0.5, 0.6) is 0 Å². The van der Waals surface area contributed by atoms with Gasteiger partial charge in [0.05, 0.1) is 0 Å². The number of rotatable bonds is 22. The van der Waals surface area contributed by atoms with E-state index in [0.29, 0.717) is 12.8 Å². The third kappa shape index (κ3) is 32.5. The number of hydrogen-bond acceptors (Lipinski definition) is 6. The molecule has 0 aliphatic carbocycles. The van der Waals surface area contributed by atoms with E-state index in [1.165, 1.54) is 64.2 Å². The van der Waals surface area contributed by atoms with Gasteiger partial charge in [-0.3, -0.25) is 0 Å².